The van der Waals surface area contributed by atoms with E-state index in [9.17, 15) is 13.2 Å². The largest absolute Gasteiger partial charge is 0.280 e. The van der Waals surface area contributed by atoms with Gasteiger partial charge in [0.2, 0.25) is 0 Å². The molecule has 0 aromatic carbocycles. The molecule has 0 amide bonds. The number of pyridine rings is 2. The highest BCUT2D eigenvalue weighted by molar-refractivity contribution is 5.58. The molecule has 2 nitrogen and oxygen atoms in total. The Morgan fingerprint density at radius 2 is 1.88 bits per heavy atom. The van der Waals surface area contributed by atoms with Crippen molar-refractivity contribution in [3.63, 3.8) is 0 Å². The fourth-order valence-electron chi connectivity index (χ4n) is 1.27. The fraction of sp³-hybridized carbons (Fsp3) is 0.0909. The van der Waals surface area contributed by atoms with Gasteiger partial charge < -0.3 is 0 Å². The third kappa shape index (κ3) is 2.18. The topological polar surface area (TPSA) is 25.8 Å². The zero-order valence-electron chi connectivity index (χ0n) is 8.07. The van der Waals surface area contributed by atoms with Crippen LogP contribution in [0.4, 0.5) is 13.2 Å². The first-order valence-corrected chi connectivity index (χ1v) is 4.53. The van der Waals surface area contributed by atoms with E-state index in [0.29, 0.717) is 11.3 Å². The van der Waals surface area contributed by atoms with Crippen LogP contribution in [0, 0.1) is 5.82 Å². The molecule has 0 saturated heterocycles. The highest BCUT2D eigenvalue weighted by atomic mass is 19.3. The lowest BCUT2D eigenvalue weighted by molar-refractivity contribution is 0.146. The minimum absolute atomic E-state index is 0.316. The molecule has 0 N–H and O–H groups in total. The monoisotopic (exact) mass is 224 g/mol. The Morgan fingerprint density at radius 1 is 1.06 bits per heavy atom. The number of alkyl halides is 2. The average Bonchev–Trinajstić information content (AvgIpc) is 2.30. The van der Waals surface area contributed by atoms with Gasteiger partial charge in [0.15, 0.2) is 0 Å². The highest BCUT2D eigenvalue weighted by Crippen LogP contribution is 2.22. The molecule has 2 heterocycles. The fourth-order valence-corrected chi connectivity index (χ4v) is 1.27. The predicted molar refractivity (Wildman–Crippen MR) is 52.4 cm³/mol. The number of hydrogen-bond acceptors (Lipinski definition) is 2. The predicted octanol–water partition coefficient (Wildman–Crippen LogP) is 3.22. The summed E-state index contributed by atoms with van der Waals surface area (Å²) in [5, 5.41) is 0. The van der Waals surface area contributed by atoms with Gasteiger partial charge in [0, 0.05) is 11.8 Å². The molecule has 5 heteroatoms. The minimum atomic E-state index is -2.62. The van der Waals surface area contributed by atoms with E-state index >= 15 is 0 Å². The van der Waals surface area contributed by atoms with Crippen LogP contribution in [-0.4, -0.2) is 9.97 Å². The van der Waals surface area contributed by atoms with Gasteiger partial charge in [-0.3, -0.25) is 9.97 Å². The first-order chi connectivity index (χ1) is 7.66. The quantitative estimate of drug-likeness (QED) is 0.782. The van der Waals surface area contributed by atoms with Crippen molar-refractivity contribution < 1.29 is 13.2 Å². The molecule has 0 atom stereocenters. The molecular formula is C11H7F3N2. The Morgan fingerprint density at radius 3 is 2.50 bits per heavy atom. The van der Waals surface area contributed by atoms with Crippen LogP contribution in [0.25, 0.3) is 11.3 Å². The minimum Gasteiger partial charge on any atom is -0.255 e. The van der Waals surface area contributed by atoms with Crippen LogP contribution in [0.1, 0.15) is 12.1 Å². The molecular weight excluding hydrogens is 217 g/mol. The van der Waals surface area contributed by atoms with Gasteiger partial charge in [-0.05, 0) is 24.3 Å². The summed E-state index contributed by atoms with van der Waals surface area (Å²) < 4.78 is 37.4. The van der Waals surface area contributed by atoms with Gasteiger partial charge in [-0.2, -0.15) is 0 Å². The van der Waals surface area contributed by atoms with E-state index < -0.39 is 12.2 Å². The van der Waals surface area contributed by atoms with Crippen LogP contribution in [0.2, 0.25) is 0 Å². The molecule has 0 spiro atoms. The van der Waals surface area contributed by atoms with Gasteiger partial charge in [0.25, 0.3) is 6.43 Å². The number of aromatic nitrogens is 2. The van der Waals surface area contributed by atoms with Crippen molar-refractivity contribution in [2.24, 2.45) is 0 Å². The van der Waals surface area contributed by atoms with Crippen molar-refractivity contribution in [3.05, 3.63) is 48.2 Å². The number of nitrogens with zero attached hydrogens (tertiary/aromatic N) is 2. The van der Waals surface area contributed by atoms with E-state index in [1.807, 2.05) is 0 Å². The maximum absolute atomic E-state index is 12.6. The molecule has 0 bridgehead atoms. The molecule has 2 aromatic rings. The number of hydrogen-bond donors (Lipinski definition) is 0. The van der Waals surface area contributed by atoms with Crippen LogP contribution >= 0.6 is 0 Å². The molecule has 16 heavy (non-hydrogen) atoms. The summed E-state index contributed by atoms with van der Waals surface area (Å²) in [6, 6.07) is 5.45. The summed E-state index contributed by atoms with van der Waals surface area (Å²) in [5.41, 5.74) is 0.611. The summed E-state index contributed by atoms with van der Waals surface area (Å²) in [4.78, 5) is 7.33. The molecule has 0 aliphatic carbocycles. The lowest BCUT2D eigenvalue weighted by atomic mass is 10.1. The first kappa shape index (κ1) is 10.6. The van der Waals surface area contributed by atoms with E-state index in [1.54, 1.807) is 6.07 Å². The van der Waals surface area contributed by atoms with Crippen molar-refractivity contribution in [2.75, 3.05) is 0 Å². The zero-order valence-corrected chi connectivity index (χ0v) is 8.07. The van der Waals surface area contributed by atoms with Crippen molar-refractivity contribution in [1.29, 1.82) is 0 Å². The highest BCUT2D eigenvalue weighted by Gasteiger charge is 2.10. The molecule has 2 rings (SSSR count). The maximum Gasteiger partial charge on any atom is 0.280 e. The summed E-state index contributed by atoms with van der Waals surface area (Å²) in [6.07, 6.45) is -0.306. The SMILES string of the molecule is Fc1ccc(-c2ccnc(C(F)F)c2)nc1. The Hall–Kier alpha value is -1.91. The molecule has 82 valence electrons. The zero-order chi connectivity index (χ0) is 11.5. The van der Waals surface area contributed by atoms with Crippen LogP contribution in [-0.2, 0) is 0 Å². The lowest BCUT2D eigenvalue weighted by Crippen LogP contribution is -1.91. The molecule has 2 aromatic heterocycles. The standard InChI is InChI=1S/C11H7F3N2/c12-8-1-2-9(16-6-8)7-3-4-15-10(5-7)11(13)14/h1-6,11H. The van der Waals surface area contributed by atoms with Crippen molar-refractivity contribution >= 4 is 0 Å². The summed E-state index contributed by atoms with van der Waals surface area (Å²) in [5.74, 6) is -0.466. The summed E-state index contributed by atoms with van der Waals surface area (Å²) in [6.45, 7) is 0. The second-order valence-electron chi connectivity index (χ2n) is 3.13. The lowest BCUT2D eigenvalue weighted by Gasteiger charge is -2.03. The molecule has 0 unspecified atom stereocenters. The van der Waals surface area contributed by atoms with Gasteiger partial charge in [-0.15, -0.1) is 0 Å². The third-order valence-corrected chi connectivity index (χ3v) is 2.03. The number of rotatable bonds is 2. The molecule has 0 radical (unpaired) electrons. The molecule has 0 aliphatic rings. The van der Waals surface area contributed by atoms with Crippen LogP contribution in [0.5, 0.6) is 0 Å². The normalized spacial score (nSPS) is 10.8. The van der Waals surface area contributed by atoms with Crippen LogP contribution in [0.3, 0.4) is 0 Å². The summed E-state index contributed by atoms with van der Waals surface area (Å²) in [7, 11) is 0. The van der Waals surface area contributed by atoms with Crippen LogP contribution in [0.15, 0.2) is 36.7 Å². The maximum atomic E-state index is 12.6. The Bertz CT molecular complexity index is 483. The Kier molecular flexibility index (Phi) is 2.85. The van der Waals surface area contributed by atoms with E-state index in [4.69, 9.17) is 0 Å². The van der Waals surface area contributed by atoms with Gasteiger partial charge in [-0.25, -0.2) is 13.2 Å². The van der Waals surface area contributed by atoms with E-state index in [0.717, 1.165) is 6.20 Å². The third-order valence-electron chi connectivity index (χ3n) is 2.03. The Labute approximate surface area is 89.8 Å². The van der Waals surface area contributed by atoms with Crippen LogP contribution < -0.4 is 0 Å². The summed E-state index contributed by atoms with van der Waals surface area (Å²) >= 11 is 0. The smallest absolute Gasteiger partial charge is 0.255 e. The van der Waals surface area contributed by atoms with Crippen molar-refractivity contribution in [2.45, 2.75) is 6.43 Å². The second-order valence-corrected chi connectivity index (χ2v) is 3.13. The first-order valence-electron chi connectivity index (χ1n) is 4.53. The average molecular weight is 224 g/mol. The van der Waals surface area contributed by atoms with Gasteiger partial charge in [0.1, 0.15) is 11.5 Å². The van der Waals surface area contributed by atoms with Gasteiger partial charge >= 0.3 is 0 Å². The van der Waals surface area contributed by atoms with Crippen molar-refractivity contribution in [3.8, 4) is 11.3 Å². The van der Waals surface area contributed by atoms with E-state index in [1.165, 1.54) is 24.4 Å². The molecule has 0 fully saturated rings. The van der Waals surface area contributed by atoms with Gasteiger partial charge in [-0.1, -0.05) is 0 Å². The van der Waals surface area contributed by atoms with Gasteiger partial charge in [0.05, 0.1) is 11.9 Å². The van der Waals surface area contributed by atoms with Crippen molar-refractivity contribution in [1.82, 2.24) is 9.97 Å². The molecule has 0 saturated carbocycles. The second kappa shape index (κ2) is 4.30. The van der Waals surface area contributed by atoms with E-state index in [-0.39, 0.29) is 5.69 Å². The molecule has 0 aliphatic heterocycles. The Balaban J connectivity index is 2.40. The number of halogens is 3. The van der Waals surface area contributed by atoms with E-state index in [2.05, 4.69) is 9.97 Å².